The molecule has 3 heteroatoms. The van der Waals surface area contributed by atoms with Crippen LogP contribution in [-0.2, 0) is 6.42 Å². The van der Waals surface area contributed by atoms with E-state index in [1.54, 1.807) is 11.8 Å². The molecule has 4 aliphatic carbocycles. The third-order valence-electron chi connectivity index (χ3n) is 10.3. The summed E-state index contributed by atoms with van der Waals surface area (Å²) in [5.74, 6) is 2.62. The van der Waals surface area contributed by atoms with Crippen molar-refractivity contribution in [3.05, 3.63) is 35.8 Å². The fourth-order valence-electron chi connectivity index (χ4n) is 8.67. The van der Waals surface area contributed by atoms with E-state index in [2.05, 4.69) is 26.8 Å². The van der Waals surface area contributed by atoms with E-state index in [4.69, 9.17) is 4.42 Å². The van der Waals surface area contributed by atoms with E-state index in [1.165, 1.54) is 31.2 Å². The van der Waals surface area contributed by atoms with Gasteiger partial charge < -0.3 is 14.6 Å². The first kappa shape index (κ1) is 20.8. The van der Waals surface area contributed by atoms with Crippen molar-refractivity contribution in [2.45, 2.75) is 96.7 Å². The zero-order valence-corrected chi connectivity index (χ0v) is 19.1. The van der Waals surface area contributed by atoms with E-state index in [0.29, 0.717) is 11.3 Å². The number of hydrogen-bond acceptors (Lipinski definition) is 3. The molecule has 2 N–H and O–H groups in total. The highest BCUT2D eigenvalue weighted by molar-refractivity contribution is 5.25. The zero-order chi connectivity index (χ0) is 21.1. The third kappa shape index (κ3) is 3.14. The molecule has 0 spiro atoms. The summed E-state index contributed by atoms with van der Waals surface area (Å²) in [6, 6.07) is 2.02. The van der Waals surface area contributed by atoms with Crippen LogP contribution in [0.25, 0.3) is 0 Å². The van der Waals surface area contributed by atoms with Crippen LogP contribution >= 0.6 is 0 Å². The average molecular weight is 413 g/mol. The van der Waals surface area contributed by atoms with Gasteiger partial charge >= 0.3 is 0 Å². The molecule has 0 radical (unpaired) electrons. The molecule has 0 amide bonds. The van der Waals surface area contributed by atoms with Gasteiger partial charge in [0.25, 0.3) is 0 Å². The molecule has 5 rings (SSSR count). The van der Waals surface area contributed by atoms with Gasteiger partial charge in [-0.05, 0) is 117 Å². The zero-order valence-electron chi connectivity index (χ0n) is 19.1. The van der Waals surface area contributed by atoms with E-state index < -0.39 is 5.60 Å². The van der Waals surface area contributed by atoms with Crippen LogP contribution in [0, 0.1) is 34.5 Å². The SMILES string of the molecule is CC(O)(CCc1ccoc1)[C@H]1CC[C@H]2[C@@H]3CC=C4C[C@@H](O)CC[C@]4(C)[C@H]3CC[C@]12C. The van der Waals surface area contributed by atoms with Crippen molar-refractivity contribution in [1.29, 1.82) is 0 Å². The number of rotatable bonds is 4. The lowest BCUT2D eigenvalue weighted by Crippen LogP contribution is -2.53. The molecule has 1 unspecified atom stereocenters. The minimum atomic E-state index is -0.623. The molecule has 166 valence electrons. The molecule has 0 saturated heterocycles. The molecule has 4 aliphatic rings. The fraction of sp³-hybridized carbons (Fsp3) is 0.778. The predicted molar refractivity (Wildman–Crippen MR) is 119 cm³/mol. The van der Waals surface area contributed by atoms with E-state index in [1.807, 2.05) is 12.3 Å². The second-order valence-electron chi connectivity index (χ2n) is 11.8. The quantitative estimate of drug-likeness (QED) is 0.605. The second-order valence-corrected chi connectivity index (χ2v) is 11.8. The first-order chi connectivity index (χ1) is 14.2. The van der Waals surface area contributed by atoms with Crippen LogP contribution in [0.4, 0.5) is 0 Å². The Morgan fingerprint density at radius 2 is 1.97 bits per heavy atom. The molecule has 0 bridgehead atoms. The number of aliphatic hydroxyl groups is 2. The van der Waals surface area contributed by atoms with E-state index in [-0.39, 0.29) is 11.5 Å². The van der Waals surface area contributed by atoms with Gasteiger partial charge in [-0.1, -0.05) is 25.5 Å². The van der Waals surface area contributed by atoms with Crippen LogP contribution in [-0.4, -0.2) is 21.9 Å². The van der Waals surface area contributed by atoms with Crippen LogP contribution in [0.15, 0.2) is 34.7 Å². The Labute approximate surface area is 181 Å². The summed E-state index contributed by atoms with van der Waals surface area (Å²) in [7, 11) is 0. The maximum atomic E-state index is 11.6. The van der Waals surface area contributed by atoms with Crippen molar-refractivity contribution in [2.75, 3.05) is 0 Å². The molecule has 0 aliphatic heterocycles. The number of fused-ring (bicyclic) bond motifs is 5. The molecule has 1 aromatic rings. The van der Waals surface area contributed by atoms with Gasteiger partial charge in [0.15, 0.2) is 0 Å². The van der Waals surface area contributed by atoms with Gasteiger partial charge in [-0.25, -0.2) is 0 Å². The molecule has 30 heavy (non-hydrogen) atoms. The fourth-order valence-corrected chi connectivity index (χ4v) is 8.67. The van der Waals surface area contributed by atoms with Gasteiger partial charge in [0.2, 0.25) is 0 Å². The molecular weight excluding hydrogens is 372 g/mol. The molecule has 0 aromatic carbocycles. The predicted octanol–water partition coefficient (Wildman–Crippen LogP) is 5.90. The van der Waals surface area contributed by atoms with E-state index in [9.17, 15) is 10.2 Å². The van der Waals surface area contributed by atoms with Gasteiger partial charge in [-0.2, -0.15) is 0 Å². The summed E-state index contributed by atoms with van der Waals surface area (Å²) in [5.41, 5.74) is 2.66. The Balaban J connectivity index is 1.36. The highest BCUT2D eigenvalue weighted by Gasteiger charge is 2.61. The van der Waals surface area contributed by atoms with E-state index in [0.717, 1.165) is 56.3 Å². The first-order valence-electron chi connectivity index (χ1n) is 12.3. The largest absolute Gasteiger partial charge is 0.472 e. The minimum Gasteiger partial charge on any atom is -0.472 e. The minimum absolute atomic E-state index is 0.129. The normalized spacial score (nSPS) is 45.1. The molecule has 1 aromatic heterocycles. The second kappa shape index (κ2) is 7.24. The van der Waals surface area contributed by atoms with Gasteiger partial charge in [-0.15, -0.1) is 0 Å². The number of aryl methyl sites for hydroxylation is 1. The number of aliphatic hydroxyl groups excluding tert-OH is 1. The van der Waals surface area contributed by atoms with Crippen molar-refractivity contribution in [3.8, 4) is 0 Å². The lowest BCUT2D eigenvalue weighted by Gasteiger charge is -2.59. The molecule has 8 atom stereocenters. The topological polar surface area (TPSA) is 53.6 Å². The Kier molecular flexibility index (Phi) is 5.02. The van der Waals surface area contributed by atoms with Crippen LogP contribution in [0.2, 0.25) is 0 Å². The summed E-state index contributed by atoms with van der Waals surface area (Å²) in [5, 5.41) is 21.8. The highest BCUT2D eigenvalue weighted by atomic mass is 16.3. The summed E-state index contributed by atoms with van der Waals surface area (Å²) < 4.78 is 5.23. The summed E-state index contributed by atoms with van der Waals surface area (Å²) in [6.07, 6.45) is 16.8. The van der Waals surface area contributed by atoms with Crippen molar-refractivity contribution < 1.29 is 14.6 Å². The van der Waals surface area contributed by atoms with Crippen LogP contribution in [0.3, 0.4) is 0 Å². The highest BCUT2D eigenvalue weighted by Crippen LogP contribution is 2.67. The average Bonchev–Trinajstić information content (AvgIpc) is 3.34. The van der Waals surface area contributed by atoms with Crippen molar-refractivity contribution in [3.63, 3.8) is 0 Å². The van der Waals surface area contributed by atoms with Gasteiger partial charge in [0, 0.05) is 0 Å². The number of allylic oxidation sites excluding steroid dienone is 1. The van der Waals surface area contributed by atoms with E-state index >= 15 is 0 Å². The van der Waals surface area contributed by atoms with Gasteiger partial charge in [0.05, 0.1) is 24.2 Å². The van der Waals surface area contributed by atoms with Crippen LogP contribution < -0.4 is 0 Å². The number of furan rings is 1. The molecule has 3 nitrogen and oxygen atoms in total. The summed E-state index contributed by atoms with van der Waals surface area (Å²) in [4.78, 5) is 0. The lowest BCUT2D eigenvalue weighted by molar-refractivity contribution is -0.104. The monoisotopic (exact) mass is 412 g/mol. The Bertz CT molecular complexity index is 793. The maximum Gasteiger partial charge on any atom is 0.0934 e. The lowest BCUT2D eigenvalue weighted by atomic mass is 9.46. The number of hydrogen-bond donors (Lipinski definition) is 2. The summed E-state index contributed by atoms with van der Waals surface area (Å²) >= 11 is 0. The van der Waals surface area contributed by atoms with Crippen LogP contribution in [0.5, 0.6) is 0 Å². The van der Waals surface area contributed by atoms with Gasteiger partial charge in [-0.3, -0.25) is 0 Å². The first-order valence-corrected chi connectivity index (χ1v) is 12.3. The smallest absolute Gasteiger partial charge is 0.0934 e. The Hall–Kier alpha value is -1.06. The standard InChI is InChI=1S/C27H40O3/c1-25-12-9-20(28)16-19(25)4-5-21-22-6-7-24(26(22,2)13-10-23(21)25)27(3,29)14-8-18-11-15-30-17-18/h4,11,15,17,20-24,28-29H,5-10,12-14,16H2,1-3H3/t20-,21-,22-,23-,24-,25-,26-,27?/m0/s1. The van der Waals surface area contributed by atoms with Gasteiger partial charge in [0.1, 0.15) is 0 Å². The Morgan fingerprint density at radius 1 is 1.13 bits per heavy atom. The molecule has 3 saturated carbocycles. The van der Waals surface area contributed by atoms with Crippen molar-refractivity contribution in [2.24, 2.45) is 34.5 Å². The Morgan fingerprint density at radius 3 is 2.73 bits per heavy atom. The van der Waals surface area contributed by atoms with Crippen molar-refractivity contribution >= 4 is 0 Å². The summed E-state index contributed by atoms with van der Waals surface area (Å²) in [6.45, 7) is 7.10. The molecular formula is C27H40O3. The third-order valence-corrected chi connectivity index (χ3v) is 10.3. The van der Waals surface area contributed by atoms with Crippen LogP contribution in [0.1, 0.15) is 84.1 Å². The maximum absolute atomic E-state index is 11.6. The molecule has 1 heterocycles. The molecule has 3 fully saturated rings. The van der Waals surface area contributed by atoms with Crippen molar-refractivity contribution in [1.82, 2.24) is 0 Å².